The Bertz CT molecular complexity index is 243. The minimum absolute atomic E-state index is 1.69. The average molecular weight is 204 g/mol. The smallest absolute Gasteiger partial charge is 0.182 e. The van der Waals surface area contributed by atoms with Crippen LogP contribution in [-0.4, -0.2) is 66.8 Å². The number of hydrogen-bond donors (Lipinski definition) is 6. The van der Waals surface area contributed by atoms with E-state index in [1.807, 2.05) is 0 Å². The first-order valence-electron chi connectivity index (χ1n) is 3.96. The Kier molecular flexibility index (Phi) is 2.83. The van der Waals surface area contributed by atoms with E-state index >= 15 is 0 Å². The van der Waals surface area contributed by atoms with E-state index in [0.717, 1.165) is 0 Å². The van der Waals surface area contributed by atoms with Crippen molar-refractivity contribution in [1.82, 2.24) is 0 Å². The topological polar surface area (TPSA) is 121 Å². The van der Waals surface area contributed by atoms with Crippen LogP contribution in [0.15, 0.2) is 0 Å². The van der Waals surface area contributed by atoms with E-state index in [4.69, 9.17) is 11.5 Å². The van der Waals surface area contributed by atoms with Crippen LogP contribution in [0.1, 0.15) is 0 Å². The fourth-order valence-corrected chi connectivity index (χ4v) is 1.44. The van der Waals surface area contributed by atoms with E-state index in [2.05, 4.69) is 0 Å². The maximum atomic E-state index is 9.51. The number of terminal acetylenes is 1. The van der Waals surface area contributed by atoms with Gasteiger partial charge in [0.2, 0.25) is 0 Å². The van der Waals surface area contributed by atoms with Crippen LogP contribution in [0, 0.1) is 12.3 Å². The summed E-state index contributed by atoms with van der Waals surface area (Å²) in [6.07, 6.45) is -4.34. The molecule has 1 aliphatic rings. The van der Waals surface area contributed by atoms with Crippen molar-refractivity contribution in [2.75, 3.05) is 0 Å². The Hall–Kier alpha value is -0.680. The van der Waals surface area contributed by atoms with E-state index in [-0.39, 0.29) is 0 Å². The van der Waals surface area contributed by atoms with Gasteiger partial charge in [-0.2, -0.15) is 0 Å². The van der Waals surface area contributed by atoms with Gasteiger partial charge in [-0.05, 0) is 0 Å². The predicted molar refractivity (Wildman–Crippen MR) is 43.8 cm³/mol. The molecule has 80 valence electrons. The number of aliphatic hydroxyl groups is 6. The minimum atomic E-state index is -2.46. The molecule has 0 amide bonds. The van der Waals surface area contributed by atoms with Crippen molar-refractivity contribution in [3.63, 3.8) is 0 Å². The molecule has 0 aromatic heterocycles. The monoisotopic (exact) mass is 204 g/mol. The summed E-state index contributed by atoms with van der Waals surface area (Å²) in [6, 6.07) is 0. The number of rotatable bonds is 0. The Labute approximate surface area is 80.1 Å². The van der Waals surface area contributed by atoms with Crippen molar-refractivity contribution >= 4 is 0 Å². The van der Waals surface area contributed by atoms with E-state index in [1.54, 1.807) is 5.92 Å². The zero-order valence-corrected chi connectivity index (χ0v) is 7.15. The summed E-state index contributed by atoms with van der Waals surface area (Å²) in [5.41, 5.74) is -2.46. The van der Waals surface area contributed by atoms with E-state index < -0.39 is 36.1 Å². The lowest BCUT2D eigenvalue weighted by Gasteiger charge is -2.44. The van der Waals surface area contributed by atoms with Crippen LogP contribution < -0.4 is 0 Å². The van der Waals surface area contributed by atoms with Crippen LogP contribution >= 0.6 is 0 Å². The second-order valence-electron chi connectivity index (χ2n) is 3.33. The van der Waals surface area contributed by atoms with Crippen molar-refractivity contribution in [1.29, 1.82) is 0 Å². The molecule has 6 atom stereocenters. The third-order valence-electron chi connectivity index (χ3n) is 2.48. The molecule has 1 saturated carbocycles. The highest BCUT2D eigenvalue weighted by Crippen LogP contribution is 2.29. The summed E-state index contributed by atoms with van der Waals surface area (Å²) in [5.74, 6) is 1.69. The average Bonchev–Trinajstić information content (AvgIpc) is 2.21. The van der Waals surface area contributed by atoms with Crippen LogP contribution in [0.3, 0.4) is 0 Å². The first-order chi connectivity index (χ1) is 6.36. The van der Waals surface area contributed by atoms with E-state index in [9.17, 15) is 25.5 Å². The second kappa shape index (κ2) is 3.47. The predicted octanol–water partition coefficient (Wildman–Crippen LogP) is -3.83. The Balaban J connectivity index is 3.06. The van der Waals surface area contributed by atoms with Crippen molar-refractivity contribution in [3.05, 3.63) is 0 Å². The van der Waals surface area contributed by atoms with Gasteiger partial charge in [-0.1, -0.05) is 5.92 Å². The first kappa shape index (κ1) is 11.4. The zero-order valence-electron chi connectivity index (χ0n) is 7.15. The Morgan fingerprint density at radius 1 is 0.857 bits per heavy atom. The molecule has 0 bridgehead atoms. The van der Waals surface area contributed by atoms with Crippen molar-refractivity contribution in [2.24, 2.45) is 0 Å². The van der Waals surface area contributed by atoms with Gasteiger partial charge in [0.15, 0.2) is 5.60 Å². The number of hydrogen-bond acceptors (Lipinski definition) is 6. The molecule has 0 saturated heterocycles. The summed E-state index contributed by atoms with van der Waals surface area (Å²) < 4.78 is 0. The molecule has 0 spiro atoms. The molecule has 1 fully saturated rings. The summed E-state index contributed by atoms with van der Waals surface area (Å²) in [4.78, 5) is 0. The maximum absolute atomic E-state index is 9.51. The molecule has 0 radical (unpaired) electrons. The molecule has 0 aromatic rings. The molecule has 6 N–H and O–H groups in total. The lowest BCUT2D eigenvalue weighted by Crippen LogP contribution is -2.70. The first-order valence-corrected chi connectivity index (χ1v) is 3.96. The molecule has 0 aromatic carbocycles. The molecule has 14 heavy (non-hydrogen) atoms. The Morgan fingerprint density at radius 3 is 1.50 bits per heavy atom. The third kappa shape index (κ3) is 1.31. The van der Waals surface area contributed by atoms with Crippen molar-refractivity contribution in [3.8, 4) is 12.3 Å². The third-order valence-corrected chi connectivity index (χ3v) is 2.48. The van der Waals surface area contributed by atoms with Gasteiger partial charge in [0.1, 0.15) is 30.5 Å². The Morgan fingerprint density at radius 2 is 1.21 bits per heavy atom. The number of aliphatic hydroxyl groups excluding tert-OH is 5. The lowest BCUT2D eigenvalue weighted by atomic mass is 9.75. The SMILES string of the molecule is C#CC1(O)[C@H](O)[C@@H](O)C(O)[C@@H](O)[C@@H]1O. The van der Waals surface area contributed by atoms with Crippen molar-refractivity contribution < 1.29 is 30.6 Å². The van der Waals surface area contributed by atoms with Gasteiger partial charge in [-0.3, -0.25) is 0 Å². The van der Waals surface area contributed by atoms with Crippen LogP contribution in [0.25, 0.3) is 0 Å². The molecular weight excluding hydrogens is 192 g/mol. The standard InChI is InChI=1S/C8H12O6/c1-2-8(14)6(12)4(10)3(9)5(11)7(8)13/h1,3-7,9-14H/t3?,4-,5+,6+,7-,8?. The van der Waals surface area contributed by atoms with Gasteiger partial charge in [-0.15, -0.1) is 6.42 Å². The molecule has 0 heterocycles. The second-order valence-corrected chi connectivity index (χ2v) is 3.33. The quantitative estimate of drug-likeness (QED) is 0.225. The molecule has 1 aliphatic carbocycles. The van der Waals surface area contributed by atoms with Gasteiger partial charge < -0.3 is 30.6 Å². The largest absolute Gasteiger partial charge is 0.387 e. The van der Waals surface area contributed by atoms with Gasteiger partial charge >= 0.3 is 0 Å². The summed E-state index contributed by atoms with van der Waals surface area (Å²) in [7, 11) is 0. The van der Waals surface area contributed by atoms with Gasteiger partial charge in [0.05, 0.1) is 0 Å². The fourth-order valence-electron chi connectivity index (χ4n) is 1.44. The summed E-state index contributed by atoms with van der Waals surface area (Å²) >= 11 is 0. The normalized spacial score (nSPS) is 53.9. The fraction of sp³-hybridized carbons (Fsp3) is 0.750. The van der Waals surface area contributed by atoms with Crippen LogP contribution in [0.4, 0.5) is 0 Å². The molecule has 1 rings (SSSR count). The van der Waals surface area contributed by atoms with Gasteiger partial charge in [-0.25, -0.2) is 0 Å². The molecule has 2 unspecified atom stereocenters. The van der Waals surface area contributed by atoms with Gasteiger partial charge in [0, 0.05) is 0 Å². The maximum Gasteiger partial charge on any atom is 0.182 e. The van der Waals surface area contributed by atoms with Crippen LogP contribution in [-0.2, 0) is 0 Å². The summed E-state index contributed by atoms with van der Waals surface area (Å²) in [5, 5.41) is 55.5. The highest BCUT2D eigenvalue weighted by Gasteiger charge is 2.56. The minimum Gasteiger partial charge on any atom is -0.387 e. The van der Waals surface area contributed by atoms with E-state index in [1.165, 1.54) is 0 Å². The molecule has 6 nitrogen and oxygen atoms in total. The lowest BCUT2D eigenvalue weighted by molar-refractivity contribution is -0.247. The highest BCUT2D eigenvalue weighted by atomic mass is 16.4. The zero-order chi connectivity index (χ0) is 11.1. The highest BCUT2D eigenvalue weighted by molar-refractivity contribution is 5.22. The van der Waals surface area contributed by atoms with Gasteiger partial charge in [0.25, 0.3) is 0 Å². The molecular formula is C8H12O6. The summed E-state index contributed by atoms with van der Waals surface area (Å²) in [6.45, 7) is 0. The van der Waals surface area contributed by atoms with Crippen LogP contribution in [0.5, 0.6) is 0 Å². The van der Waals surface area contributed by atoms with E-state index in [0.29, 0.717) is 0 Å². The van der Waals surface area contributed by atoms with Crippen LogP contribution in [0.2, 0.25) is 0 Å². The van der Waals surface area contributed by atoms with Crippen molar-refractivity contribution in [2.45, 2.75) is 36.1 Å². The molecule has 6 heteroatoms. The molecule has 0 aliphatic heterocycles.